The Kier molecular flexibility index (Phi) is 4.59. The van der Waals surface area contributed by atoms with Gasteiger partial charge in [0.25, 0.3) is 5.91 Å². The first kappa shape index (κ1) is 15.1. The van der Waals surface area contributed by atoms with Crippen LogP contribution in [0, 0.1) is 5.92 Å². The molecule has 1 atom stereocenters. The molecule has 2 rings (SSSR count). The monoisotopic (exact) mass is 288 g/mol. The lowest BCUT2D eigenvalue weighted by Gasteiger charge is -2.10. The second kappa shape index (κ2) is 6.41. The average Bonchev–Trinajstić information content (AvgIpc) is 2.95. The molecule has 0 aliphatic rings. The van der Waals surface area contributed by atoms with Crippen LogP contribution >= 0.6 is 0 Å². The van der Waals surface area contributed by atoms with Crippen molar-refractivity contribution in [3.63, 3.8) is 0 Å². The fraction of sp³-hybridized carbons (Fsp3) is 0.333. The zero-order chi connectivity index (χ0) is 15.4. The van der Waals surface area contributed by atoms with E-state index in [1.54, 1.807) is 6.07 Å². The van der Waals surface area contributed by atoms with E-state index in [1.807, 2.05) is 32.0 Å². The third kappa shape index (κ3) is 3.61. The van der Waals surface area contributed by atoms with Crippen LogP contribution in [-0.4, -0.2) is 10.9 Å². The van der Waals surface area contributed by atoms with Crippen molar-refractivity contribution in [3.05, 3.63) is 47.7 Å². The van der Waals surface area contributed by atoms with Gasteiger partial charge in [-0.1, -0.05) is 32.0 Å². The van der Waals surface area contributed by atoms with E-state index < -0.39 is 0 Å². The van der Waals surface area contributed by atoms with E-state index in [-0.39, 0.29) is 23.6 Å². The summed E-state index contributed by atoms with van der Waals surface area (Å²) in [6.07, 6.45) is 1.32. The molecule has 1 heterocycles. The number of hydrogen-bond acceptors (Lipinski definition) is 5. The molecule has 0 aliphatic heterocycles. The molecular weight excluding hydrogens is 268 g/mol. The second-order valence-corrected chi connectivity index (χ2v) is 5.22. The number of anilines is 1. The molecule has 6 heteroatoms. The quantitative estimate of drug-likeness (QED) is 0.728. The first-order valence-corrected chi connectivity index (χ1v) is 6.81. The van der Waals surface area contributed by atoms with Gasteiger partial charge in [-0.05, 0) is 17.5 Å². The topological polar surface area (TPSA) is 107 Å². The van der Waals surface area contributed by atoms with Crippen LogP contribution in [0.5, 0.6) is 0 Å². The number of nitrogens with zero attached hydrogens (tertiary/aromatic N) is 1. The van der Waals surface area contributed by atoms with E-state index in [9.17, 15) is 4.79 Å². The highest BCUT2D eigenvalue weighted by atomic mass is 16.3. The minimum absolute atomic E-state index is 0.184. The number of amides is 1. The molecular formula is C15H20N4O2. The molecule has 6 nitrogen and oxygen atoms in total. The van der Waals surface area contributed by atoms with Gasteiger partial charge in [0, 0.05) is 12.2 Å². The largest absolute Gasteiger partial charge is 0.446 e. The van der Waals surface area contributed by atoms with Gasteiger partial charge >= 0.3 is 0 Å². The van der Waals surface area contributed by atoms with E-state index in [0.29, 0.717) is 18.1 Å². The van der Waals surface area contributed by atoms with Gasteiger partial charge in [-0.15, -0.1) is 0 Å². The van der Waals surface area contributed by atoms with Gasteiger partial charge in [0.2, 0.25) is 5.89 Å². The number of nitrogens with two attached hydrogens (primary N) is 2. The van der Waals surface area contributed by atoms with Gasteiger partial charge in [0.1, 0.15) is 6.26 Å². The molecule has 0 saturated carbocycles. The number of carbonyl (C=O) groups excluding carboxylic acids is 1. The maximum atomic E-state index is 12.0. The highest BCUT2D eigenvalue weighted by Gasteiger charge is 2.19. The molecule has 0 saturated heterocycles. The summed E-state index contributed by atoms with van der Waals surface area (Å²) < 4.78 is 5.26. The molecule has 0 radical (unpaired) electrons. The van der Waals surface area contributed by atoms with Crippen molar-refractivity contribution in [2.24, 2.45) is 11.7 Å². The summed E-state index contributed by atoms with van der Waals surface area (Å²) in [5.74, 6) is 0.238. The molecule has 21 heavy (non-hydrogen) atoms. The third-order valence-corrected chi connectivity index (χ3v) is 3.25. The minimum atomic E-state index is -0.323. The van der Waals surface area contributed by atoms with Gasteiger partial charge < -0.3 is 21.2 Å². The number of nitrogens with one attached hydrogen (secondary N) is 1. The van der Waals surface area contributed by atoms with Crippen molar-refractivity contribution < 1.29 is 9.21 Å². The standard InChI is InChI=1S/C15H20N4O2/c1-9(2)13(17)15-19-12(8-21-15)14(20)18-7-10-5-3-4-6-11(10)16/h3-6,8-9,13H,7,16-17H2,1-2H3,(H,18,20). The minimum Gasteiger partial charge on any atom is -0.446 e. The fourth-order valence-corrected chi connectivity index (χ4v) is 1.79. The Labute approximate surface area is 123 Å². The van der Waals surface area contributed by atoms with Crippen LogP contribution < -0.4 is 16.8 Å². The van der Waals surface area contributed by atoms with E-state index in [1.165, 1.54) is 6.26 Å². The third-order valence-electron chi connectivity index (χ3n) is 3.25. The summed E-state index contributed by atoms with van der Waals surface area (Å²) in [7, 11) is 0. The molecule has 5 N–H and O–H groups in total. The van der Waals surface area contributed by atoms with Crippen LogP contribution in [0.2, 0.25) is 0 Å². The van der Waals surface area contributed by atoms with Crippen LogP contribution in [0.4, 0.5) is 5.69 Å². The van der Waals surface area contributed by atoms with E-state index in [0.717, 1.165) is 5.56 Å². The van der Waals surface area contributed by atoms with Crippen molar-refractivity contribution in [1.29, 1.82) is 0 Å². The number of aromatic nitrogens is 1. The van der Waals surface area contributed by atoms with Crippen LogP contribution in [0.25, 0.3) is 0 Å². The van der Waals surface area contributed by atoms with Gasteiger partial charge in [-0.25, -0.2) is 4.98 Å². The van der Waals surface area contributed by atoms with Crippen molar-refractivity contribution in [3.8, 4) is 0 Å². The maximum Gasteiger partial charge on any atom is 0.273 e. The summed E-state index contributed by atoms with van der Waals surface area (Å²) in [6.45, 7) is 4.27. The van der Waals surface area contributed by atoms with Gasteiger partial charge in [0.15, 0.2) is 5.69 Å². The summed E-state index contributed by atoms with van der Waals surface area (Å²) >= 11 is 0. The molecule has 0 fully saturated rings. The number of carbonyl (C=O) groups is 1. The molecule has 2 aromatic rings. The number of rotatable bonds is 5. The molecule has 1 unspecified atom stereocenters. The van der Waals surface area contributed by atoms with Crippen LogP contribution in [0.15, 0.2) is 34.9 Å². The Morgan fingerprint density at radius 2 is 2.10 bits per heavy atom. The summed E-state index contributed by atoms with van der Waals surface area (Å²) in [6, 6.07) is 7.04. The normalized spacial score (nSPS) is 12.4. The number of para-hydroxylation sites is 1. The highest BCUT2D eigenvalue weighted by Crippen LogP contribution is 2.18. The maximum absolute atomic E-state index is 12.0. The summed E-state index contributed by atoms with van der Waals surface area (Å²) in [4.78, 5) is 16.2. The lowest BCUT2D eigenvalue weighted by atomic mass is 10.1. The van der Waals surface area contributed by atoms with Crippen LogP contribution in [0.3, 0.4) is 0 Å². The first-order chi connectivity index (χ1) is 9.99. The lowest BCUT2D eigenvalue weighted by molar-refractivity contribution is 0.0946. The van der Waals surface area contributed by atoms with E-state index in [2.05, 4.69) is 10.3 Å². The Morgan fingerprint density at radius 3 is 2.76 bits per heavy atom. The molecule has 1 amide bonds. The van der Waals surface area contributed by atoms with Crippen molar-refractivity contribution in [2.45, 2.75) is 26.4 Å². The Hall–Kier alpha value is -2.34. The second-order valence-electron chi connectivity index (χ2n) is 5.22. The van der Waals surface area contributed by atoms with Crippen LogP contribution in [-0.2, 0) is 6.54 Å². The number of hydrogen-bond donors (Lipinski definition) is 3. The summed E-state index contributed by atoms with van der Waals surface area (Å²) in [5, 5.41) is 2.76. The molecule has 0 spiro atoms. The SMILES string of the molecule is CC(C)C(N)c1nc(C(=O)NCc2ccccc2N)co1. The van der Waals surface area contributed by atoms with E-state index in [4.69, 9.17) is 15.9 Å². The number of oxazole rings is 1. The first-order valence-electron chi connectivity index (χ1n) is 6.81. The Bertz CT molecular complexity index is 622. The smallest absolute Gasteiger partial charge is 0.273 e. The summed E-state index contributed by atoms with van der Waals surface area (Å²) in [5.41, 5.74) is 13.5. The van der Waals surface area contributed by atoms with Crippen LogP contribution in [0.1, 0.15) is 41.8 Å². The zero-order valence-electron chi connectivity index (χ0n) is 12.2. The molecule has 1 aromatic carbocycles. The van der Waals surface area contributed by atoms with Crippen molar-refractivity contribution in [1.82, 2.24) is 10.3 Å². The zero-order valence-corrected chi connectivity index (χ0v) is 12.2. The fourth-order valence-electron chi connectivity index (χ4n) is 1.79. The van der Waals surface area contributed by atoms with Gasteiger partial charge in [-0.3, -0.25) is 4.79 Å². The van der Waals surface area contributed by atoms with Gasteiger partial charge in [-0.2, -0.15) is 0 Å². The predicted molar refractivity (Wildman–Crippen MR) is 80.3 cm³/mol. The molecule has 0 bridgehead atoms. The predicted octanol–water partition coefficient (Wildman–Crippen LogP) is 1.84. The molecule has 0 aliphatic carbocycles. The Morgan fingerprint density at radius 1 is 1.38 bits per heavy atom. The average molecular weight is 288 g/mol. The lowest BCUT2D eigenvalue weighted by Crippen LogP contribution is -2.24. The van der Waals surface area contributed by atoms with Crippen molar-refractivity contribution >= 4 is 11.6 Å². The Balaban J connectivity index is 2.00. The molecule has 1 aromatic heterocycles. The van der Waals surface area contributed by atoms with E-state index >= 15 is 0 Å². The molecule has 112 valence electrons. The van der Waals surface area contributed by atoms with Crippen molar-refractivity contribution in [2.75, 3.05) is 5.73 Å². The van der Waals surface area contributed by atoms with Gasteiger partial charge in [0.05, 0.1) is 6.04 Å². The highest BCUT2D eigenvalue weighted by molar-refractivity contribution is 5.91. The number of benzene rings is 1. The number of nitrogen functional groups attached to an aromatic ring is 1.